The second-order valence-corrected chi connectivity index (χ2v) is 6.21. The van der Waals surface area contributed by atoms with Crippen molar-refractivity contribution in [3.8, 4) is 0 Å². The Labute approximate surface area is 107 Å². The molecule has 0 saturated heterocycles. The summed E-state index contributed by atoms with van der Waals surface area (Å²) < 4.78 is 26.8. The summed E-state index contributed by atoms with van der Waals surface area (Å²) in [5.74, 6) is 0.686. The third kappa shape index (κ3) is 5.17. The van der Waals surface area contributed by atoms with Gasteiger partial charge in [-0.2, -0.15) is 0 Å². The summed E-state index contributed by atoms with van der Waals surface area (Å²) in [7, 11) is 0.512. The van der Waals surface area contributed by atoms with E-state index in [1.165, 1.54) is 12.5 Å². The van der Waals surface area contributed by atoms with Gasteiger partial charge in [0.2, 0.25) is 0 Å². The molecule has 1 heterocycles. The van der Waals surface area contributed by atoms with Crippen LogP contribution < -0.4 is 5.32 Å². The maximum Gasteiger partial charge on any atom is 0.193 e. The van der Waals surface area contributed by atoms with Crippen LogP contribution in [0, 0.1) is 0 Å². The summed E-state index contributed by atoms with van der Waals surface area (Å²) in [4.78, 5) is 5.90. The minimum Gasteiger partial charge on any atom is -0.364 e. The number of rotatable bonds is 5. The molecule has 0 amide bonds. The minimum absolute atomic E-state index is 0.0732. The Morgan fingerprint density at radius 2 is 2.33 bits per heavy atom. The molecule has 0 aliphatic rings. The smallest absolute Gasteiger partial charge is 0.193 e. The fraction of sp³-hybridized carbons (Fsp3) is 0.600. The van der Waals surface area contributed by atoms with Gasteiger partial charge in [-0.25, -0.2) is 8.42 Å². The maximum atomic E-state index is 11.0. The van der Waals surface area contributed by atoms with E-state index in [1.807, 2.05) is 11.9 Å². The van der Waals surface area contributed by atoms with Gasteiger partial charge < -0.3 is 14.7 Å². The number of nitrogens with zero attached hydrogens (tertiary/aromatic N) is 3. The van der Waals surface area contributed by atoms with E-state index in [4.69, 9.17) is 4.52 Å². The predicted octanol–water partition coefficient (Wildman–Crippen LogP) is -0.274. The van der Waals surface area contributed by atoms with Crippen LogP contribution >= 0.6 is 0 Å². The average Bonchev–Trinajstić information content (AvgIpc) is 2.75. The molecule has 0 radical (unpaired) electrons. The lowest BCUT2D eigenvalue weighted by Crippen LogP contribution is -2.40. The lowest BCUT2D eigenvalue weighted by Gasteiger charge is -2.20. The zero-order valence-corrected chi connectivity index (χ0v) is 11.6. The van der Waals surface area contributed by atoms with Crippen molar-refractivity contribution < 1.29 is 12.9 Å². The zero-order valence-electron chi connectivity index (χ0n) is 10.8. The van der Waals surface area contributed by atoms with Gasteiger partial charge in [0.25, 0.3) is 0 Å². The van der Waals surface area contributed by atoms with E-state index in [9.17, 15) is 8.42 Å². The van der Waals surface area contributed by atoms with Crippen molar-refractivity contribution in [2.45, 2.75) is 6.54 Å². The Morgan fingerprint density at radius 3 is 2.83 bits per heavy atom. The molecule has 0 aliphatic carbocycles. The third-order valence-electron chi connectivity index (χ3n) is 2.22. The molecule has 0 fully saturated rings. The van der Waals surface area contributed by atoms with Crippen molar-refractivity contribution in [1.29, 1.82) is 0 Å². The molecule has 0 unspecified atom stereocenters. The Balaban J connectivity index is 2.46. The molecule has 1 rings (SSSR count). The number of aromatic nitrogens is 1. The van der Waals surface area contributed by atoms with Gasteiger partial charge in [-0.15, -0.1) is 0 Å². The summed E-state index contributed by atoms with van der Waals surface area (Å²) in [6, 6.07) is 1.76. The summed E-state index contributed by atoms with van der Waals surface area (Å²) in [6.45, 7) is 0.865. The average molecular weight is 274 g/mol. The molecule has 18 heavy (non-hydrogen) atoms. The van der Waals surface area contributed by atoms with Gasteiger partial charge in [0, 0.05) is 33.0 Å². The van der Waals surface area contributed by atoms with Crippen molar-refractivity contribution in [3.63, 3.8) is 0 Å². The number of hydrogen-bond donors (Lipinski definition) is 1. The maximum absolute atomic E-state index is 11.0. The van der Waals surface area contributed by atoms with Gasteiger partial charge in [-0.3, -0.25) is 4.99 Å². The largest absolute Gasteiger partial charge is 0.364 e. The van der Waals surface area contributed by atoms with Gasteiger partial charge in [0.15, 0.2) is 5.96 Å². The van der Waals surface area contributed by atoms with Crippen LogP contribution in [0.25, 0.3) is 0 Å². The quantitative estimate of drug-likeness (QED) is 0.587. The molecule has 1 aromatic rings. The highest BCUT2D eigenvalue weighted by Crippen LogP contribution is 1.99. The van der Waals surface area contributed by atoms with E-state index in [-0.39, 0.29) is 5.75 Å². The highest BCUT2D eigenvalue weighted by Gasteiger charge is 2.09. The number of aliphatic imine (C=N–C) groups is 1. The molecule has 0 aliphatic heterocycles. The van der Waals surface area contributed by atoms with Crippen molar-refractivity contribution in [1.82, 2.24) is 15.4 Å². The second kappa shape index (κ2) is 6.39. The minimum atomic E-state index is -2.97. The number of sulfone groups is 1. The third-order valence-corrected chi connectivity index (χ3v) is 3.17. The van der Waals surface area contributed by atoms with Crippen LogP contribution in [0.3, 0.4) is 0 Å². The predicted molar refractivity (Wildman–Crippen MR) is 69.0 cm³/mol. The highest BCUT2D eigenvalue weighted by atomic mass is 32.2. The molecule has 8 heteroatoms. The first-order valence-electron chi connectivity index (χ1n) is 5.41. The summed E-state index contributed by atoms with van der Waals surface area (Å²) in [5, 5.41) is 6.77. The molecular weight excluding hydrogens is 256 g/mol. The van der Waals surface area contributed by atoms with Crippen molar-refractivity contribution in [2.24, 2.45) is 4.99 Å². The SMILES string of the molecule is CN=C(NCCS(C)(=O)=O)N(C)Cc1ccon1. The molecule has 0 aromatic carbocycles. The molecule has 102 valence electrons. The first-order valence-corrected chi connectivity index (χ1v) is 7.47. The van der Waals surface area contributed by atoms with Gasteiger partial charge in [0.05, 0.1) is 12.3 Å². The Morgan fingerprint density at radius 1 is 1.61 bits per heavy atom. The first kappa shape index (κ1) is 14.5. The first-order chi connectivity index (χ1) is 8.42. The van der Waals surface area contributed by atoms with Crippen molar-refractivity contribution in [3.05, 3.63) is 18.0 Å². The van der Waals surface area contributed by atoms with Crippen molar-refractivity contribution in [2.75, 3.05) is 32.6 Å². The molecule has 7 nitrogen and oxygen atoms in total. The van der Waals surface area contributed by atoms with E-state index in [0.717, 1.165) is 5.69 Å². The summed E-state index contributed by atoms with van der Waals surface area (Å²) in [5.41, 5.74) is 0.781. The fourth-order valence-corrected chi connectivity index (χ4v) is 1.84. The van der Waals surface area contributed by atoms with Crippen molar-refractivity contribution >= 4 is 15.8 Å². The van der Waals surface area contributed by atoms with Crippen LogP contribution in [-0.2, 0) is 16.4 Å². The van der Waals surface area contributed by atoms with Gasteiger partial charge in [-0.1, -0.05) is 5.16 Å². The molecule has 0 atom stereocenters. The molecule has 1 N–H and O–H groups in total. The lowest BCUT2D eigenvalue weighted by atomic mass is 10.4. The number of guanidine groups is 1. The van der Waals surface area contributed by atoms with Crippen LogP contribution in [0.15, 0.2) is 21.8 Å². The molecule has 1 aromatic heterocycles. The van der Waals surface area contributed by atoms with Gasteiger partial charge in [0.1, 0.15) is 21.8 Å². The fourth-order valence-electron chi connectivity index (χ4n) is 1.37. The Hall–Kier alpha value is -1.57. The van der Waals surface area contributed by atoms with E-state index >= 15 is 0 Å². The second-order valence-electron chi connectivity index (χ2n) is 3.95. The van der Waals surface area contributed by atoms with Gasteiger partial charge >= 0.3 is 0 Å². The van der Waals surface area contributed by atoms with Crippen LogP contribution in [0.5, 0.6) is 0 Å². The molecule has 0 spiro atoms. The number of hydrogen-bond acceptors (Lipinski definition) is 5. The standard InChI is InChI=1S/C10H18N4O3S/c1-11-10(12-5-7-18(3,15)16)14(2)8-9-4-6-17-13-9/h4,6H,5,7-8H2,1-3H3,(H,11,12). The van der Waals surface area contributed by atoms with E-state index in [1.54, 1.807) is 13.1 Å². The summed E-state index contributed by atoms with van der Waals surface area (Å²) in [6.07, 6.45) is 2.71. The zero-order chi connectivity index (χ0) is 13.6. The van der Waals surface area contributed by atoms with Crippen LogP contribution in [0.4, 0.5) is 0 Å². The lowest BCUT2D eigenvalue weighted by molar-refractivity contribution is 0.391. The highest BCUT2D eigenvalue weighted by molar-refractivity contribution is 7.90. The molecular formula is C10H18N4O3S. The van der Waals surface area contributed by atoms with Crippen LogP contribution in [0.1, 0.15) is 5.69 Å². The normalized spacial score (nSPS) is 12.5. The summed E-state index contributed by atoms with van der Waals surface area (Å²) >= 11 is 0. The van der Waals surface area contributed by atoms with Gasteiger partial charge in [-0.05, 0) is 0 Å². The Kier molecular flexibility index (Phi) is 5.14. The Bertz CT molecular complexity index is 481. The van der Waals surface area contributed by atoms with E-state index < -0.39 is 9.84 Å². The van der Waals surface area contributed by atoms with E-state index in [0.29, 0.717) is 19.0 Å². The topological polar surface area (TPSA) is 87.8 Å². The monoisotopic (exact) mass is 274 g/mol. The number of nitrogens with one attached hydrogen (secondary N) is 1. The van der Waals surface area contributed by atoms with Crippen LogP contribution in [0.2, 0.25) is 0 Å². The van der Waals surface area contributed by atoms with E-state index in [2.05, 4.69) is 15.5 Å². The molecule has 0 saturated carbocycles. The molecule has 0 bridgehead atoms. The van der Waals surface area contributed by atoms with Crippen LogP contribution in [-0.4, -0.2) is 57.1 Å².